The third-order valence-corrected chi connectivity index (χ3v) is 2.64. The SMILES string of the molecule is CCC1C(=O)[N-]C(=O)N(c2ccccc2)C1=O.[Na+]. The van der Waals surface area contributed by atoms with Crippen LogP contribution in [0, 0.1) is 5.92 Å². The number of barbiturate groups is 1. The van der Waals surface area contributed by atoms with E-state index in [1.165, 1.54) is 0 Å². The maximum Gasteiger partial charge on any atom is 1.00 e. The summed E-state index contributed by atoms with van der Waals surface area (Å²) in [4.78, 5) is 35.9. The molecule has 1 atom stereocenters. The van der Waals surface area contributed by atoms with Gasteiger partial charge in [0.25, 0.3) is 0 Å². The summed E-state index contributed by atoms with van der Waals surface area (Å²) >= 11 is 0. The summed E-state index contributed by atoms with van der Waals surface area (Å²) in [5, 5.41) is 3.37. The molecule has 1 aliphatic rings. The number of amides is 4. The molecule has 88 valence electrons. The summed E-state index contributed by atoms with van der Waals surface area (Å²) in [5.41, 5.74) is 0.442. The number of urea groups is 1. The Labute approximate surface area is 127 Å². The van der Waals surface area contributed by atoms with E-state index < -0.39 is 23.8 Å². The van der Waals surface area contributed by atoms with Crippen LogP contribution in [-0.2, 0) is 9.59 Å². The van der Waals surface area contributed by atoms with Gasteiger partial charge in [0.1, 0.15) is 0 Å². The van der Waals surface area contributed by atoms with Crippen LogP contribution in [0.1, 0.15) is 13.3 Å². The van der Waals surface area contributed by atoms with E-state index in [1.54, 1.807) is 37.3 Å². The standard InChI is InChI=1S/C12H12N2O3.Na/c1-2-9-10(15)13-12(17)14(11(9)16)8-6-4-3-5-7-8;/h3-7,9H,2H2,1H3,(H,13,15,17);/q;+1/p-1. The van der Waals surface area contributed by atoms with E-state index in [0.717, 1.165) is 4.90 Å². The van der Waals surface area contributed by atoms with Crippen LogP contribution in [0.3, 0.4) is 0 Å². The van der Waals surface area contributed by atoms with Gasteiger partial charge in [-0.15, -0.1) is 0 Å². The molecule has 5 nitrogen and oxygen atoms in total. The Morgan fingerprint density at radius 1 is 1.17 bits per heavy atom. The second kappa shape index (κ2) is 6.13. The van der Waals surface area contributed by atoms with Crippen molar-refractivity contribution in [3.8, 4) is 0 Å². The summed E-state index contributed by atoms with van der Waals surface area (Å²) in [7, 11) is 0. The van der Waals surface area contributed by atoms with Crippen molar-refractivity contribution in [1.82, 2.24) is 0 Å². The zero-order valence-corrected chi connectivity index (χ0v) is 12.3. The fraction of sp³-hybridized carbons (Fsp3) is 0.250. The third-order valence-electron chi connectivity index (χ3n) is 2.64. The molecular weight excluding hydrogens is 243 g/mol. The monoisotopic (exact) mass is 254 g/mol. The number of anilines is 1. The van der Waals surface area contributed by atoms with Gasteiger partial charge in [0, 0.05) is 0 Å². The molecule has 0 N–H and O–H groups in total. The average molecular weight is 254 g/mol. The largest absolute Gasteiger partial charge is 1.00 e. The first-order valence-electron chi connectivity index (χ1n) is 5.33. The number of nitrogens with zero attached hydrogens (tertiary/aromatic N) is 2. The molecule has 0 radical (unpaired) electrons. The minimum absolute atomic E-state index is 0. The van der Waals surface area contributed by atoms with Crippen LogP contribution < -0.4 is 34.5 Å². The van der Waals surface area contributed by atoms with Crippen LogP contribution in [0.4, 0.5) is 10.5 Å². The van der Waals surface area contributed by atoms with Gasteiger partial charge >= 0.3 is 29.6 Å². The van der Waals surface area contributed by atoms with Crippen molar-refractivity contribution in [2.75, 3.05) is 4.90 Å². The van der Waals surface area contributed by atoms with Gasteiger partial charge in [0.05, 0.1) is 5.92 Å². The molecule has 18 heavy (non-hydrogen) atoms. The number of hydrogen-bond acceptors (Lipinski definition) is 3. The predicted octanol–water partition coefficient (Wildman–Crippen LogP) is -0.916. The maximum atomic E-state index is 12.0. The third kappa shape index (κ3) is 2.63. The van der Waals surface area contributed by atoms with Gasteiger partial charge in [0.2, 0.25) is 0 Å². The molecule has 2 rings (SSSR count). The molecule has 1 heterocycles. The van der Waals surface area contributed by atoms with Crippen LogP contribution in [0.25, 0.3) is 5.32 Å². The second-order valence-corrected chi connectivity index (χ2v) is 3.70. The topological polar surface area (TPSA) is 68.6 Å². The quantitative estimate of drug-likeness (QED) is 0.506. The number of para-hydroxylation sites is 1. The molecule has 1 aromatic rings. The molecule has 1 saturated heterocycles. The average Bonchev–Trinajstić information content (AvgIpc) is 2.30. The Hall–Kier alpha value is -1.17. The second-order valence-electron chi connectivity index (χ2n) is 3.70. The zero-order chi connectivity index (χ0) is 12.4. The first-order chi connectivity index (χ1) is 8.15. The van der Waals surface area contributed by atoms with E-state index in [0.29, 0.717) is 12.1 Å². The normalized spacial score (nSPS) is 19.3. The van der Waals surface area contributed by atoms with Crippen molar-refractivity contribution in [1.29, 1.82) is 0 Å². The molecule has 1 aromatic carbocycles. The minimum atomic E-state index is -0.840. The zero-order valence-electron chi connectivity index (χ0n) is 10.3. The smallest absolute Gasteiger partial charge is 0.368 e. The van der Waals surface area contributed by atoms with Gasteiger partial charge < -0.3 is 10.2 Å². The van der Waals surface area contributed by atoms with Gasteiger partial charge in [0.15, 0.2) is 17.8 Å². The molecule has 0 spiro atoms. The van der Waals surface area contributed by atoms with Crippen LogP contribution in [0.2, 0.25) is 0 Å². The molecule has 1 aliphatic heterocycles. The summed E-state index contributed by atoms with van der Waals surface area (Å²) in [6, 6.07) is 7.67. The number of carbonyl (C=O) groups is 3. The van der Waals surface area contributed by atoms with Crippen molar-refractivity contribution in [3.05, 3.63) is 35.6 Å². The Morgan fingerprint density at radius 2 is 1.78 bits per heavy atom. The van der Waals surface area contributed by atoms with Gasteiger partial charge in [-0.1, -0.05) is 37.3 Å². The van der Waals surface area contributed by atoms with E-state index in [-0.39, 0.29) is 29.6 Å². The number of rotatable bonds is 2. The van der Waals surface area contributed by atoms with E-state index >= 15 is 0 Å². The predicted molar refractivity (Wildman–Crippen MR) is 61.5 cm³/mol. The van der Waals surface area contributed by atoms with E-state index in [9.17, 15) is 14.4 Å². The number of hydrogen-bond donors (Lipinski definition) is 0. The van der Waals surface area contributed by atoms with Crippen molar-refractivity contribution < 1.29 is 43.9 Å². The van der Waals surface area contributed by atoms with E-state index in [1.807, 2.05) is 0 Å². The first-order valence-corrected chi connectivity index (χ1v) is 5.33. The Morgan fingerprint density at radius 3 is 2.33 bits per heavy atom. The van der Waals surface area contributed by atoms with Crippen LogP contribution in [0.15, 0.2) is 30.3 Å². The number of carbonyl (C=O) groups excluding carboxylic acids is 3. The molecule has 0 aromatic heterocycles. The fourth-order valence-electron chi connectivity index (χ4n) is 1.74. The first kappa shape index (κ1) is 14.9. The molecule has 4 amide bonds. The van der Waals surface area contributed by atoms with Gasteiger partial charge in [-0.3, -0.25) is 14.4 Å². The molecule has 0 aliphatic carbocycles. The van der Waals surface area contributed by atoms with Crippen LogP contribution >= 0.6 is 0 Å². The molecular formula is C12H11N2NaO3. The van der Waals surface area contributed by atoms with Gasteiger partial charge in [-0.25, -0.2) is 0 Å². The van der Waals surface area contributed by atoms with Crippen LogP contribution in [-0.4, -0.2) is 17.8 Å². The van der Waals surface area contributed by atoms with Crippen LogP contribution in [0.5, 0.6) is 0 Å². The van der Waals surface area contributed by atoms with Crippen molar-refractivity contribution in [3.63, 3.8) is 0 Å². The number of benzene rings is 1. The molecule has 0 saturated carbocycles. The van der Waals surface area contributed by atoms with E-state index in [2.05, 4.69) is 5.32 Å². The van der Waals surface area contributed by atoms with E-state index in [4.69, 9.17) is 0 Å². The van der Waals surface area contributed by atoms with Crippen molar-refractivity contribution in [2.45, 2.75) is 13.3 Å². The molecule has 1 fully saturated rings. The molecule has 0 bridgehead atoms. The Bertz CT molecular complexity index is 475. The minimum Gasteiger partial charge on any atom is -0.368 e. The molecule has 1 unspecified atom stereocenters. The molecule has 6 heteroatoms. The Kier molecular flexibility index (Phi) is 5.07. The maximum absolute atomic E-state index is 12.0. The van der Waals surface area contributed by atoms with Gasteiger partial charge in [-0.05, 0) is 12.1 Å². The summed E-state index contributed by atoms with van der Waals surface area (Å²) < 4.78 is 0. The van der Waals surface area contributed by atoms with Gasteiger partial charge in [-0.2, -0.15) is 0 Å². The fourth-order valence-corrected chi connectivity index (χ4v) is 1.74. The van der Waals surface area contributed by atoms with Crippen molar-refractivity contribution in [2.24, 2.45) is 5.92 Å². The number of imide groups is 2. The van der Waals surface area contributed by atoms with Crippen molar-refractivity contribution >= 4 is 23.5 Å². The summed E-state index contributed by atoms with van der Waals surface area (Å²) in [5.74, 6) is -1.98. The summed E-state index contributed by atoms with van der Waals surface area (Å²) in [6.45, 7) is 1.72. The summed E-state index contributed by atoms with van der Waals surface area (Å²) in [6.07, 6.45) is 0.345. The Balaban J connectivity index is 0.00000162.